The molecule has 2 aromatic rings. The number of hydrogen-bond donors (Lipinski definition) is 2. The number of carbonyl (C=O) groups is 1. The second-order valence-electron chi connectivity index (χ2n) is 6.36. The maximum Gasteiger partial charge on any atom is 0.248 e. The van der Waals surface area contributed by atoms with Gasteiger partial charge in [-0.1, -0.05) is 37.7 Å². The summed E-state index contributed by atoms with van der Waals surface area (Å²) in [7, 11) is 0. The number of fused-ring (bicyclic) bond motifs is 1. The standard InChI is InChI=1S/C19H25N5O2S/c1-4-10-26-14-8-6-13(7-9-14)16-15(17(20)25)12(3)21-18-22-19(23-24(16)18)27-11-5-2/h6-9,16H,4-5,10-11H2,1-3H3,(H2,20,25)(H,21,22,23)/t16-/m1/s1. The van der Waals surface area contributed by atoms with Crippen LogP contribution in [0.5, 0.6) is 5.75 Å². The normalized spacial score (nSPS) is 16.0. The van der Waals surface area contributed by atoms with E-state index in [4.69, 9.17) is 10.5 Å². The molecule has 1 aromatic heterocycles. The number of anilines is 1. The van der Waals surface area contributed by atoms with Gasteiger partial charge in [0.15, 0.2) is 0 Å². The molecule has 1 aliphatic heterocycles. The van der Waals surface area contributed by atoms with Gasteiger partial charge in [0.05, 0.1) is 12.2 Å². The maximum atomic E-state index is 12.2. The summed E-state index contributed by atoms with van der Waals surface area (Å²) in [4.78, 5) is 16.7. The number of carbonyl (C=O) groups excluding carboxylic acids is 1. The highest BCUT2D eigenvalue weighted by Gasteiger charge is 2.33. The van der Waals surface area contributed by atoms with Gasteiger partial charge in [0.25, 0.3) is 0 Å². The van der Waals surface area contributed by atoms with Crippen LogP contribution in [0.25, 0.3) is 0 Å². The van der Waals surface area contributed by atoms with Crippen LogP contribution in [0.3, 0.4) is 0 Å². The molecule has 1 atom stereocenters. The average molecular weight is 388 g/mol. The lowest BCUT2D eigenvalue weighted by molar-refractivity contribution is -0.115. The largest absolute Gasteiger partial charge is 0.494 e. The molecule has 0 radical (unpaired) electrons. The summed E-state index contributed by atoms with van der Waals surface area (Å²) in [5.74, 6) is 1.88. The average Bonchev–Trinajstić information content (AvgIpc) is 3.06. The summed E-state index contributed by atoms with van der Waals surface area (Å²) in [6.45, 7) is 6.69. The quantitative estimate of drug-likeness (QED) is 0.675. The molecule has 0 fully saturated rings. The van der Waals surface area contributed by atoms with Crippen LogP contribution in [0, 0.1) is 0 Å². The lowest BCUT2D eigenvalue weighted by Crippen LogP contribution is -2.31. The molecule has 1 aromatic carbocycles. The predicted octanol–water partition coefficient (Wildman–Crippen LogP) is 3.34. The summed E-state index contributed by atoms with van der Waals surface area (Å²) >= 11 is 1.60. The van der Waals surface area contributed by atoms with Gasteiger partial charge in [-0.15, -0.1) is 5.10 Å². The fraction of sp³-hybridized carbons (Fsp3) is 0.421. The van der Waals surface area contributed by atoms with Crippen molar-refractivity contribution in [3.8, 4) is 5.75 Å². The molecule has 0 aliphatic carbocycles. The van der Waals surface area contributed by atoms with Gasteiger partial charge in [-0.25, -0.2) is 4.68 Å². The number of benzene rings is 1. The van der Waals surface area contributed by atoms with Gasteiger partial charge >= 0.3 is 0 Å². The number of aromatic nitrogens is 3. The second-order valence-corrected chi connectivity index (χ2v) is 7.42. The van der Waals surface area contributed by atoms with E-state index in [1.54, 1.807) is 16.4 Å². The third-order valence-electron chi connectivity index (χ3n) is 4.20. The topological polar surface area (TPSA) is 95.1 Å². The molecule has 0 spiro atoms. The molecule has 3 rings (SSSR count). The number of primary amides is 1. The number of nitrogens with one attached hydrogen (secondary N) is 1. The summed E-state index contributed by atoms with van der Waals surface area (Å²) in [6.07, 6.45) is 1.98. The molecule has 1 aliphatic rings. The molecule has 0 unspecified atom stereocenters. The molecule has 27 heavy (non-hydrogen) atoms. The maximum absolute atomic E-state index is 12.2. The van der Waals surface area contributed by atoms with Gasteiger partial charge in [0.2, 0.25) is 17.0 Å². The van der Waals surface area contributed by atoms with Crippen LogP contribution >= 0.6 is 11.8 Å². The molecule has 144 valence electrons. The number of hydrogen-bond acceptors (Lipinski definition) is 6. The van der Waals surface area contributed by atoms with Gasteiger partial charge in [-0.3, -0.25) is 4.79 Å². The smallest absolute Gasteiger partial charge is 0.248 e. The van der Waals surface area contributed by atoms with E-state index in [0.717, 1.165) is 29.9 Å². The minimum atomic E-state index is -0.472. The molecule has 0 bridgehead atoms. The fourth-order valence-corrected chi connectivity index (χ4v) is 3.66. The van der Waals surface area contributed by atoms with Crippen LogP contribution in [0.4, 0.5) is 5.95 Å². The Morgan fingerprint density at radius 1 is 1.30 bits per heavy atom. The predicted molar refractivity (Wildman–Crippen MR) is 107 cm³/mol. The summed E-state index contributed by atoms with van der Waals surface area (Å²) in [5.41, 5.74) is 7.79. The van der Waals surface area contributed by atoms with E-state index >= 15 is 0 Å². The number of rotatable bonds is 8. The number of nitrogens with two attached hydrogens (primary N) is 1. The third-order valence-corrected chi connectivity index (χ3v) is 5.25. The number of amides is 1. The Bertz CT molecular complexity index is 844. The van der Waals surface area contributed by atoms with Gasteiger partial charge in [-0.05, 0) is 37.5 Å². The monoisotopic (exact) mass is 387 g/mol. The summed E-state index contributed by atoms with van der Waals surface area (Å²) in [5, 5.41) is 8.46. The number of allylic oxidation sites excluding steroid dienone is 1. The molecule has 0 saturated carbocycles. The SMILES string of the molecule is CCCOc1ccc([C@@H]2C(C(N)=O)=C(C)Nc3nc(SCCC)nn32)cc1. The minimum absolute atomic E-state index is 0.414. The first-order valence-corrected chi connectivity index (χ1v) is 10.1. The van der Waals surface area contributed by atoms with E-state index in [9.17, 15) is 4.79 Å². The highest BCUT2D eigenvalue weighted by atomic mass is 32.2. The van der Waals surface area contributed by atoms with Crippen molar-refractivity contribution in [1.29, 1.82) is 0 Å². The summed E-state index contributed by atoms with van der Waals surface area (Å²) in [6, 6.07) is 7.29. The van der Waals surface area contributed by atoms with E-state index in [1.807, 2.05) is 31.2 Å². The van der Waals surface area contributed by atoms with E-state index in [-0.39, 0.29) is 0 Å². The van der Waals surface area contributed by atoms with Crippen LogP contribution in [0.2, 0.25) is 0 Å². The van der Waals surface area contributed by atoms with Crippen molar-refractivity contribution in [3.05, 3.63) is 41.1 Å². The zero-order valence-electron chi connectivity index (χ0n) is 15.9. The molecule has 8 heteroatoms. The Balaban J connectivity index is 1.99. The second kappa shape index (κ2) is 8.47. The first-order chi connectivity index (χ1) is 13.0. The van der Waals surface area contributed by atoms with Crippen molar-refractivity contribution in [2.75, 3.05) is 17.7 Å². The third kappa shape index (κ3) is 4.10. The van der Waals surface area contributed by atoms with Gasteiger partial charge in [0, 0.05) is 11.4 Å². The molecule has 1 amide bonds. The van der Waals surface area contributed by atoms with Gasteiger partial charge < -0.3 is 15.8 Å². The van der Waals surface area contributed by atoms with E-state index < -0.39 is 11.9 Å². The highest BCUT2D eigenvalue weighted by Crippen LogP contribution is 2.36. The zero-order chi connectivity index (χ0) is 19.4. The van der Waals surface area contributed by atoms with Crippen molar-refractivity contribution in [2.45, 2.75) is 44.8 Å². The Labute approximate surface area is 163 Å². The molecule has 7 nitrogen and oxygen atoms in total. The van der Waals surface area contributed by atoms with Crippen LogP contribution in [0.15, 0.2) is 40.7 Å². The number of nitrogens with zero attached hydrogens (tertiary/aromatic N) is 3. The van der Waals surface area contributed by atoms with Crippen molar-refractivity contribution in [3.63, 3.8) is 0 Å². The first kappa shape index (κ1) is 19.3. The van der Waals surface area contributed by atoms with Gasteiger partial charge in [-0.2, -0.15) is 4.98 Å². The Morgan fingerprint density at radius 2 is 2.04 bits per heavy atom. The molecular formula is C19H25N5O2S. The molecule has 3 N–H and O–H groups in total. The Kier molecular flexibility index (Phi) is 6.05. The first-order valence-electron chi connectivity index (χ1n) is 9.14. The lowest BCUT2D eigenvalue weighted by Gasteiger charge is -2.27. The van der Waals surface area contributed by atoms with E-state index in [1.165, 1.54) is 0 Å². The van der Waals surface area contributed by atoms with Crippen LogP contribution in [0.1, 0.15) is 45.2 Å². The summed E-state index contributed by atoms with van der Waals surface area (Å²) < 4.78 is 7.40. The Hall–Kier alpha value is -2.48. The van der Waals surface area contributed by atoms with E-state index in [2.05, 4.69) is 29.2 Å². The molecule has 2 heterocycles. The van der Waals surface area contributed by atoms with Crippen molar-refractivity contribution < 1.29 is 9.53 Å². The Morgan fingerprint density at radius 3 is 2.67 bits per heavy atom. The van der Waals surface area contributed by atoms with E-state index in [0.29, 0.717) is 29.0 Å². The van der Waals surface area contributed by atoms with Crippen molar-refractivity contribution in [2.24, 2.45) is 5.73 Å². The van der Waals surface area contributed by atoms with Crippen LogP contribution < -0.4 is 15.8 Å². The number of ether oxygens (including phenoxy) is 1. The minimum Gasteiger partial charge on any atom is -0.494 e. The lowest BCUT2D eigenvalue weighted by atomic mass is 9.95. The van der Waals surface area contributed by atoms with Crippen molar-refractivity contribution in [1.82, 2.24) is 14.8 Å². The van der Waals surface area contributed by atoms with Crippen molar-refractivity contribution >= 4 is 23.6 Å². The number of thioether (sulfide) groups is 1. The van der Waals surface area contributed by atoms with Crippen LogP contribution in [-0.2, 0) is 4.79 Å². The zero-order valence-corrected chi connectivity index (χ0v) is 16.7. The fourth-order valence-electron chi connectivity index (χ4n) is 2.98. The van der Waals surface area contributed by atoms with Gasteiger partial charge in [0.1, 0.15) is 11.8 Å². The highest BCUT2D eigenvalue weighted by molar-refractivity contribution is 7.99. The molecular weight excluding hydrogens is 362 g/mol. The molecule has 0 saturated heterocycles. The van der Waals surface area contributed by atoms with Crippen LogP contribution in [-0.4, -0.2) is 33.0 Å².